The molecule has 2 rings (SSSR count). The quantitative estimate of drug-likeness (QED) is 0.827. The number of carbonyl (C=O) groups is 1. The first-order chi connectivity index (χ1) is 9.56. The van der Waals surface area contributed by atoms with Gasteiger partial charge in [-0.3, -0.25) is 9.69 Å². The van der Waals surface area contributed by atoms with Gasteiger partial charge in [-0.2, -0.15) is 0 Å². The molecule has 0 saturated heterocycles. The maximum Gasteiger partial charge on any atom is 0.176 e. The molecule has 0 atom stereocenters. The number of hydrogen-bond acceptors (Lipinski definition) is 4. The van der Waals surface area contributed by atoms with E-state index in [1.165, 1.54) is 4.88 Å². The summed E-state index contributed by atoms with van der Waals surface area (Å²) >= 11 is 1.71. The highest BCUT2D eigenvalue weighted by atomic mass is 32.1. The summed E-state index contributed by atoms with van der Waals surface area (Å²) in [5.74, 6) is 0.260. The molecule has 0 amide bonds. The maximum atomic E-state index is 12.3. The first-order valence-corrected chi connectivity index (χ1v) is 7.53. The van der Waals surface area contributed by atoms with E-state index in [9.17, 15) is 9.90 Å². The van der Waals surface area contributed by atoms with Crippen molar-refractivity contribution in [1.82, 2.24) is 4.90 Å². The zero-order chi connectivity index (χ0) is 14.5. The molecular formula is C16H19NO2S. The first kappa shape index (κ1) is 14.8. The highest BCUT2D eigenvalue weighted by Crippen LogP contribution is 2.16. The molecule has 106 valence electrons. The lowest BCUT2D eigenvalue weighted by Crippen LogP contribution is -2.35. The van der Waals surface area contributed by atoms with Gasteiger partial charge in [0.15, 0.2) is 5.78 Å². The van der Waals surface area contributed by atoms with E-state index < -0.39 is 0 Å². The van der Waals surface area contributed by atoms with E-state index in [-0.39, 0.29) is 11.5 Å². The Morgan fingerprint density at radius 2 is 1.95 bits per heavy atom. The number of phenols is 1. The van der Waals surface area contributed by atoms with Gasteiger partial charge in [0.05, 0.1) is 6.54 Å². The predicted octanol–water partition coefficient (Wildman–Crippen LogP) is 3.55. The van der Waals surface area contributed by atoms with Crippen LogP contribution in [0.3, 0.4) is 0 Å². The Morgan fingerprint density at radius 3 is 2.50 bits per heavy atom. The van der Waals surface area contributed by atoms with Crippen LogP contribution < -0.4 is 0 Å². The van der Waals surface area contributed by atoms with Crippen LogP contribution >= 0.6 is 11.3 Å². The van der Waals surface area contributed by atoms with Gasteiger partial charge >= 0.3 is 0 Å². The minimum Gasteiger partial charge on any atom is -0.508 e. The van der Waals surface area contributed by atoms with E-state index in [1.807, 2.05) is 6.07 Å². The van der Waals surface area contributed by atoms with E-state index in [1.54, 1.807) is 35.6 Å². The molecule has 0 spiro atoms. The van der Waals surface area contributed by atoms with Gasteiger partial charge in [-0.05, 0) is 49.6 Å². The van der Waals surface area contributed by atoms with E-state index in [0.29, 0.717) is 18.2 Å². The minimum absolute atomic E-state index is 0.0789. The summed E-state index contributed by atoms with van der Waals surface area (Å²) in [6.45, 7) is 5.37. The maximum absolute atomic E-state index is 12.3. The van der Waals surface area contributed by atoms with Crippen molar-refractivity contribution in [1.29, 1.82) is 0 Å². The fourth-order valence-corrected chi connectivity index (χ4v) is 2.68. The van der Waals surface area contributed by atoms with Crippen LogP contribution in [0.1, 0.15) is 29.1 Å². The van der Waals surface area contributed by atoms with Crippen molar-refractivity contribution in [2.75, 3.05) is 6.54 Å². The Morgan fingerprint density at radius 1 is 1.25 bits per heavy atom. The molecule has 0 bridgehead atoms. The molecule has 2 aromatic rings. The van der Waals surface area contributed by atoms with E-state index >= 15 is 0 Å². The summed E-state index contributed by atoms with van der Waals surface area (Å²) in [5, 5.41) is 11.3. The van der Waals surface area contributed by atoms with Crippen molar-refractivity contribution in [2.24, 2.45) is 0 Å². The summed E-state index contributed by atoms with van der Waals surface area (Å²) < 4.78 is 0. The van der Waals surface area contributed by atoms with Crippen molar-refractivity contribution in [3.63, 3.8) is 0 Å². The van der Waals surface area contributed by atoms with Crippen LogP contribution in [0.4, 0.5) is 0 Å². The monoisotopic (exact) mass is 289 g/mol. The van der Waals surface area contributed by atoms with Gasteiger partial charge in [-0.15, -0.1) is 11.3 Å². The highest BCUT2D eigenvalue weighted by molar-refractivity contribution is 7.09. The third-order valence-corrected chi connectivity index (χ3v) is 4.07. The normalized spacial score (nSPS) is 11.2. The van der Waals surface area contributed by atoms with Gasteiger partial charge in [0.1, 0.15) is 5.75 Å². The van der Waals surface area contributed by atoms with Crippen molar-refractivity contribution < 1.29 is 9.90 Å². The number of Topliss-reactive ketones (excluding diaryl/α,β-unsaturated/α-hetero) is 1. The summed E-state index contributed by atoms with van der Waals surface area (Å²) in [7, 11) is 0. The number of phenolic OH excluding ortho intramolecular Hbond substituents is 1. The average Bonchev–Trinajstić information content (AvgIpc) is 2.91. The van der Waals surface area contributed by atoms with E-state index in [2.05, 4.69) is 30.2 Å². The third kappa shape index (κ3) is 3.92. The summed E-state index contributed by atoms with van der Waals surface area (Å²) in [5.41, 5.74) is 0.639. The Hall–Kier alpha value is -1.65. The Balaban J connectivity index is 2.04. The van der Waals surface area contributed by atoms with Gasteiger partial charge in [0.2, 0.25) is 0 Å². The third-order valence-electron chi connectivity index (χ3n) is 3.21. The SMILES string of the molecule is CC(C)N(CC(=O)c1ccc(O)cc1)Cc1cccs1. The van der Waals surface area contributed by atoms with Crippen LogP contribution in [0.15, 0.2) is 41.8 Å². The van der Waals surface area contributed by atoms with Gasteiger partial charge in [0, 0.05) is 23.0 Å². The molecular weight excluding hydrogens is 270 g/mol. The molecule has 0 unspecified atom stereocenters. The van der Waals surface area contributed by atoms with Gasteiger partial charge in [-0.1, -0.05) is 6.07 Å². The summed E-state index contributed by atoms with van der Waals surface area (Å²) in [6.07, 6.45) is 0. The Bertz CT molecular complexity index is 546. The molecule has 0 aliphatic carbocycles. The molecule has 3 nitrogen and oxygen atoms in total. The lowest BCUT2D eigenvalue weighted by atomic mass is 10.1. The number of ketones is 1. The number of nitrogens with zero attached hydrogens (tertiary/aromatic N) is 1. The van der Waals surface area contributed by atoms with Gasteiger partial charge in [-0.25, -0.2) is 0 Å². The number of thiophene rings is 1. The summed E-state index contributed by atoms with van der Waals surface area (Å²) in [6, 6.07) is 10.9. The number of rotatable bonds is 6. The largest absolute Gasteiger partial charge is 0.508 e. The highest BCUT2D eigenvalue weighted by Gasteiger charge is 2.16. The molecule has 20 heavy (non-hydrogen) atoms. The van der Waals surface area contributed by atoms with Crippen molar-refractivity contribution in [3.05, 3.63) is 52.2 Å². The zero-order valence-electron chi connectivity index (χ0n) is 11.7. The van der Waals surface area contributed by atoms with Gasteiger partial charge in [0.25, 0.3) is 0 Å². The average molecular weight is 289 g/mol. The molecule has 1 aromatic carbocycles. The van der Waals surface area contributed by atoms with Crippen molar-refractivity contribution >= 4 is 17.1 Å². The fraction of sp³-hybridized carbons (Fsp3) is 0.312. The van der Waals surface area contributed by atoms with Crippen LogP contribution in [0.5, 0.6) is 5.75 Å². The van der Waals surface area contributed by atoms with Crippen molar-refractivity contribution in [3.8, 4) is 5.75 Å². The number of carbonyl (C=O) groups excluding carboxylic acids is 1. The molecule has 0 aliphatic rings. The first-order valence-electron chi connectivity index (χ1n) is 6.65. The second-order valence-corrected chi connectivity index (χ2v) is 6.08. The van der Waals surface area contributed by atoms with E-state index in [0.717, 1.165) is 6.54 Å². The molecule has 0 saturated carbocycles. The van der Waals surface area contributed by atoms with Gasteiger partial charge < -0.3 is 5.11 Å². The smallest absolute Gasteiger partial charge is 0.176 e. The fourth-order valence-electron chi connectivity index (χ4n) is 1.95. The molecule has 1 N–H and O–H groups in total. The van der Waals surface area contributed by atoms with Crippen LogP contribution in [0, 0.1) is 0 Å². The Kier molecular flexibility index (Phi) is 4.93. The molecule has 4 heteroatoms. The molecule has 0 aliphatic heterocycles. The minimum atomic E-state index is 0.0789. The van der Waals surface area contributed by atoms with Crippen molar-refractivity contribution in [2.45, 2.75) is 26.4 Å². The predicted molar refractivity (Wildman–Crippen MR) is 82.3 cm³/mol. The lowest BCUT2D eigenvalue weighted by Gasteiger charge is -2.25. The second-order valence-electron chi connectivity index (χ2n) is 5.05. The van der Waals surface area contributed by atoms with Crippen LogP contribution in [0.25, 0.3) is 0 Å². The van der Waals surface area contributed by atoms with E-state index in [4.69, 9.17) is 0 Å². The standard InChI is InChI=1S/C16H19NO2S/c1-12(2)17(10-15-4-3-9-20-15)11-16(19)13-5-7-14(18)8-6-13/h3-9,12,18H,10-11H2,1-2H3. The molecule has 0 fully saturated rings. The zero-order valence-corrected chi connectivity index (χ0v) is 12.6. The summed E-state index contributed by atoms with van der Waals surface area (Å²) in [4.78, 5) is 15.7. The molecule has 0 radical (unpaired) electrons. The topological polar surface area (TPSA) is 40.5 Å². The number of hydrogen-bond donors (Lipinski definition) is 1. The molecule has 1 aromatic heterocycles. The second kappa shape index (κ2) is 6.68. The van der Waals surface area contributed by atoms with Crippen LogP contribution in [-0.4, -0.2) is 28.4 Å². The van der Waals surface area contributed by atoms with Crippen LogP contribution in [0.2, 0.25) is 0 Å². The number of benzene rings is 1. The lowest BCUT2D eigenvalue weighted by molar-refractivity contribution is 0.0899. The number of aromatic hydroxyl groups is 1. The van der Waals surface area contributed by atoms with Crippen LogP contribution in [-0.2, 0) is 6.54 Å². The molecule has 1 heterocycles. The Labute approximate surface area is 123 Å².